The van der Waals surface area contributed by atoms with Crippen LogP contribution in [0, 0.1) is 0 Å². The average Bonchev–Trinajstić information content (AvgIpc) is 2.99. The number of para-hydroxylation sites is 1. The number of aromatic amines is 1. The number of imidazole rings is 1. The van der Waals surface area contributed by atoms with E-state index < -0.39 is 6.10 Å². The van der Waals surface area contributed by atoms with Gasteiger partial charge in [-0.3, -0.25) is 4.79 Å². The molecule has 136 valence electrons. The van der Waals surface area contributed by atoms with E-state index in [-0.39, 0.29) is 18.5 Å². The zero-order chi connectivity index (χ0) is 18.7. The van der Waals surface area contributed by atoms with Crippen LogP contribution in [0.2, 0.25) is 0 Å². The molecule has 0 bridgehead atoms. The first-order valence-electron chi connectivity index (χ1n) is 8.37. The van der Waals surface area contributed by atoms with Gasteiger partial charge in [-0.2, -0.15) is 0 Å². The van der Waals surface area contributed by atoms with E-state index in [4.69, 9.17) is 9.47 Å². The maximum atomic E-state index is 12.4. The molecule has 2 heterocycles. The minimum absolute atomic E-state index is 0.0356. The molecule has 0 fully saturated rings. The maximum Gasteiger partial charge on any atom is 0.311 e. The van der Waals surface area contributed by atoms with Gasteiger partial charge in [0.05, 0.1) is 18.0 Å². The summed E-state index contributed by atoms with van der Waals surface area (Å²) in [6.07, 6.45) is 1.34. The number of pyridine rings is 1. The van der Waals surface area contributed by atoms with Crippen LogP contribution in [0.25, 0.3) is 11.2 Å². The molecule has 1 unspecified atom stereocenters. The van der Waals surface area contributed by atoms with Gasteiger partial charge in [-0.05, 0) is 48.8 Å². The summed E-state index contributed by atoms with van der Waals surface area (Å²) in [7, 11) is 0. The van der Waals surface area contributed by atoms with E-state index in [1.807, 2.05) is 44.2 Å². The number of benzene rings is 1. The largest absolute Gasteiger partial charge is 0.491 e. The molecule has 0 spiro atoms. The highest BCUT2D eigenvalue weighted by Crippen LogP contribution is 2.23. The van der Waals surface area contributed by atoms with Gasteiger partial charge in [-0.1, -0.05) is 18.2 Å². The van der Waals surface area contributed by atoms with Crippen molar-refractivity contribution < 1.29 is 14.3 Å². The average molecular weight is 418 g/mol. The fourth-order valence-electron chi connectivity index (χ4n) is 2.55. The first-order valence-corrected chi connectivity index (χ1v) is 9.17. The van der Waals surface area contributed by atoms with Crippen molar-refractivity contribution in [2.45, 2.75) is 39.4 Å². The van der Waals surface area contributed by atoms with Crippen molar-refractivity contribution in [1.29, 1.82) is 0 Å². The van der Waals surface area contributed by atoms with Crippen molar-refractivity contribution in [3.63, 3.8) is 0 Å². The summed E-state index contributed by atoms with van der Waals surface area (Å²) >= 11 is 3.37. The fraction of sp³-hybridized carbons (Fsp3) is 0.316. The number of hydrogen-bond acceptors (Lipinski definition) is 5. The van der Waals surface area contributed by atoms with Crippen LogP contribution in [0.5, 0.6) is 5.75 Å². The third-order valence-electron chi connectivity index (χ3n) is 3.69. The molecule has 7 heteroatoms. The summed E-state index contributed by atoms with van der Waals surface area (Å²) in [5.41, 5.74) is 2.17. The van der Waals surface area contributed by atoms with Crippen LogP contribution in [0.15, 0.2) is 41.0 Å². The van der Waals surface area contributed by atoms with E-state index >= 15 is 0 Å². The molecule has 0 saturated heterocycles. The SMILES string of the molecule is CC(C)Oc1ccccc1CC(=O)OC(C)c1nc2ncc(Br)cc2[nH]1. The Morgan fingerprint density at radius 2 is 2.04 bits per heavy atom. The molecule has 0 aliphatic carbocycles. The summed E-state index contributed by atoms with van der Waals surface area (Å²) in [5.74, 6) is 0.919. The second-order valence-electron chi connectivity index (χ2n) is 6.23. The lowest BCUT2D eigenvalue weighted by Crippen LogP contribution is -2.14. The number of aromatic nitrogens is 3. The predicted octanol–water partition coefficient (Wildman–Crippen LogP) is 4.35. The number of nitrogens with one attached hydrogen (secondary N) is 1. The van der Waals surface area contributed by atoms with Gasteiger partial charge in [0.1, 0.15) is 11.6 Å². The minimum Gasteiger partial charge on any atom is -0.491 e. The Kier molecular flexibility index (Phi) is 5.56. The monoisotopic (exact) mass is 417 g/mol. The van der Waals surface area contributed by atoms with E-state index in [0.717, 1.165) is 15.6 Å². The summed E-state index contributed by atoms with van der Waals surface area (Å²) in [4.78, 5) is 24.1. The van der Waals surface area contributed by atoms with Gasteiger partial charge in [0.2, 0.25) is 0 Å². The molecule has 1 N–H and O–H groups in total. The molecule has 26 heavy (non-hydrogen) atoms. The lowest BCUT2D eigenvalue weighted by Gasteiger charge is -2.15. The predicted molar refractivity (Wildman–Crippen MR) is 102 cm³/mol. The number of carbonyl (C=O) groups excluding carboxylic acids is 1. The zero-order valence-corrected chi connectivity index (χ0v) is 16.4. The van der Waals surface area contributed by atoms with Crippen LogP contribution in [-0.4, -0.2) is 27.0 Å². The number of nitrogens with zero attached hydrogens (tertiary/aromatic N) is 2. The maximum absolute atomic E-state index is 12.4. The number of halogens is 1. The molecule has 6 nitrogen and oxygen atoms in total. The number of H-pyrrole nitrogens is 1. The van der Waals surface area contributed by atoms with Gasteiger partial charge in [0, 0.05) is 16.2 Å². The number of fused-ring (bicyclic) bond motifs is 1. The molecule has 3 aromatic rings. The van der Waals surface area contributed by atoms with Gasteiger partial charge in [0.15, 0.2) is 11.8 Å². The van der Waals surface area contributed by atoms with Gasteiger partial charge in [0.25, 0.3) is 0 Å². The second kappa shape index (κ2) is 7.86. The van der Waals surface area contributed by atoms with Crippen LogP contribution >= 0.6 is 15.9 Å². The Hall–Kier alpha value is -2.41. The van der Waals surface area contributed by atoms with Gasteiger partial charge < -0.3 is 14.5 Å². The van der Waals surface area contributed by atoms with Crippen LogP contribution in [0.3, 0.4) is 0 Å². The third kappa shape index (κ3) is 4.40. The van der Waals surface area contributed by atoms with Crippen molar-refractivity contribution in [2.75, 3.05) is 0 Å². The van der Waals surface area contributed by atoms with E-state index in [9.17, 15) is 4.79 Å². The molecule has 1 aromatic carbocycles. The Labute approximate surface area is 160 Å². The van der Waals surface area contributed by atoms with Crippen molar-refractivity contribution in [2.24, 2.45) is 0 Å². The quantitative estimate of drug-likeness (QED) is 0.603. The highest BCUT2D eigenvalue weighted by atomic mass is 79.9. The van der Waals surface area contributed by atoms with Crippen LogP contribution in [0.4, 0.5) is 0 Å². The minimum atomic E-state index is -0.506. The van der Waals surface area contributed by atoms with Gasteiger partial charge in [-0.25, -0.2) is 9.97 Å². The molecule has 0 aliphatic rings. The Morgan fingerprint density at radius 1 is 1.27 bits per heavy atom. The summed E-state index contributed by atoms with van der Waals surface area (Å²) in [6, 6.07) is 9.37. The van der Waals surface area contributed by atoms with E-state index in [1.54, 1.807) is 13.1 Å². The molecule has 0 amide bonds. The number of rotatable bonds is 6. The number of hydrogen-bond donors (Lipinski definition) is 1. The molecular formula is C19H20BrN3O3. The van der Waals surface area contributed by atoms with E-state index in [0.29, 0.717) is 17.2 Å². The first kappa shape index (κ1) is 18.4. The normalized spacial score (nSPS) is 12.3. The lowest BCUT2D eigenvalue weighted by molar-refractivity contribution is -0.148. The highest BCUT2D eigenvalue weighted by molar-refractivity contribution is 9.10. The molecule has 0 radical (unpaired) electrons. The lowest BCUT2D eigenvalue weighted by atomic mass is 10.1. The van der Waals surface area contributed by atoms with E-state index in [2.05, 4.69) is 30.9 Å². The van der Waals surface area contributed by atoms with Crippen molar-refractivity contribution >= 4 is 33.1 Å². The third-order valence-corrected chi connectivity index (χ3v) is 4.12. The Morgan fingerprint density at radius 3 is 2.81 bits per heavy atom. The van der Waals surface area contributed by atoms with Crippen molar-refractivity contribution in [3.05, 3.63) is 52.4 Å². The molecular weight excluding hydrogens is 398 g/mol. The van der Waals surface area contributed by atoms with Gasteiger partial charge >= 0.3 is 5.97 Å². The molecule has 2 aromatic heterocycles. The molecule has 1 atom stereocenters. The number of esters is 1. The number of ether oxygens (including phenoxy) is 2. The smallest absolute Gasteiger partial charge is 0.311 e. The molecule has 0 aliphatic heterocycles. The van der Waals surface area contributed by atoms with Gasteiger partial charge in [-0.15, -0.1) is 0 Å². The first-order chi connectivity index (χ1) is 12.4. The van der Waals surface area contributed by atoms with Crippen LogP contribution in [0.1, 0.15) is 38.3 Å². The van der Waals surface area contributed by atoms with Crippen molar-refractivity contribution in [1.82, 2.24) is 15.0 Å². The summed E-state index contributed by atoms with van der Waals surface area (Å²) in [6.45, 7) is 5.68. The fourth-order valence-corrected chi connectivity index (χ4v) is 2.89. The van der Waals surface area contributed by atoms with Crippen LogP contribution in [-0.2, 0) is 16.0 Å². The van der Waals surface area contributed by atoms with Crippen molar-refractivity contribution in [3.8, 4) is 5.75 Å². The summed E-state index contributed by atoms with van der Waals surface area (Å²) in [5, 5.41) is 0. The summed E-state index contributed by atoms with van der Waals surface area (Å²) < 4.78 is 12.1. The Balaban J connectivity index is 1.69. The highest BCUT2D eigenvalue weighted by Gasteiger charge is 2.18. The standard InChI is InChI=1S/C19H20BrN3O3/c1-11(2)25-16-7-5-4-6-13(16)8-17(24)26-12(3)18-22-15-9-14(20)10-21-19(15)23-18/h4-7,9-12H,8H2,1-3H3,(H,21,22,23). The topological polar surface area (TPSA) is 77.1 Å². The zero-order valence-electron chi connectivity index (χ0n) is 14.8. The number of carbonyl (C=O) groups is 1. The second-order valence-corrected chi connectivity index (χ2v) is 7.15. The molecule has 0 saturated carbocycles. The Bertz CT molecular complexity index is 923. The van der Waals surface area contributed by atoms with Crippen LogP contribution < -0.4 is 4.74 Å². The van der Waals surface area contributed by atoms with E-state index in [1.165, 1.54) is 0 Å². The molecule has 3 rings (SSSR count).